The Bertz CT molecular complexity index is 928. The molecule has 7 heteroatoms. The van der Waals surface area contributed by atoms with E-state index in [9.17, 15) is 4.79 Å². The SMILES string of the molecule is C=[N+](C)CN1C=Cc2ccc(NC(=O)OC)c(OC)c2C1COCc1ccccc1. The van der Waals surface area contributed by atoms with Gasteiger partial charge < -0.3 is 19.1 Å². The lowest BCUT2D eigenvalue weighted by Crippen LogP contribution is -2.35. The number of nitrogens with zero attached hydrogens (tertiary/aromatic N) is 2. The molecule has 0 spiro atoms. The van der Waals surface area contributed by atoms with E-state index in [1.165, 1.54) is 7.11 Å². The first kappa shape index (κ1) is 21.4. The van der Waals surface area contributed by atoms with E-state index in [2.05, 4.69) is 16.9 Å². The van der Waals surface area contributed by atoms with Crippen molar-refractivity contribution in [2.45, 2.75) is 12.6 Å². The van der Waals surface area contributed by atoms with Gasteiger partial charge in [-0.15, -0.1) is 0 Å². The summed E-state index contributed by atoms with van der Waals surface area (Å²) in [5, 5.41) is 2.73. The third-order valence-electron chi connectivity index (χ3n) is 4.83. The van der Waals surface area contributed by atoms with Crippen molar-refractivity contribution in [3.05, 3.63) is 65.4 Å². The molecule has 2 aromatic rings. The first-order valence-corrected chi connectivity index (χ1v) is 9.66. The van der Waals surface area contributed by atoms with Crippen LogP contribution < -0.4 is 10.1 Å². The fraction of sp³-hybridized carbons (Fsp3) is 0.304. The van der Waals surface area contributed by atoms with Crippen LogP contribution in [0.1, 0.15) is 22.7 Å². The summed E-state index contributed by atoms with van der Waals surface area (Å²) in [6.45, 7) is 5.53. The predicted molar refractivity (Wildman–Crippen MR) is 117 cm³/mol. The van der Waals surface area contributed by atoms with Gasteiger partial charge in [0.1, 0.15) is 19.5 Å². The Balaban J connectivity index is 1.92. The zero-order valence-electron chi connectivity index (χ0n) is 17.6. The number of fused-ring (bicyclic) bond motifs is 1. The average molecular weight is 410 g/mol. The van der Waals surface area contributed by atoms with Gasteiger partial charge in [-0.2, -0.15) is 0 Å². The van der Waals surface area contributed by atoms with Crippen LogP contribution in [0.25, 0.3) is 6.08 Å². The molecule has 1 unspecified atom stereocenters. The smallest absolute Gasteiger partial charge is 0.411 e. The van der Waals surface area contributed by atoms with Crippen molar-refractivity contribution >= 4 is 24.6 Å². The Morgan fingerprint density at radius 3 is 2.63 bits per heavy atom. The van der Waals surface area contributed by atoms with E-state index in [0.29, 0.717) is 31.3 Å². The standard InChI is InChI=1S/C23H27N3O4/c1-25(2)16-26-13-12-18-10-11-19(24-23(27)29-4)22(28-3)21(18)20(26)15-30-14-17-8-6-5-7-9-17/h5-13,20H,1,14-16H2,2-4H3/p+1. The molecule has 1 atom stereocenters. The molecule has 0 bridgehead atoms. The van der Waals surface area contributed by atoms with Gasteiger partial charge >= 0.3 is 6.09 Å². The number of methoxy groups -OCH3 is 2. The van der Waals surface area contributed by atoms with Crippen molar-refractivity contribution in [3.8, 4) is 5.75 Å². The molecule has 0 saturated heterocycles. The van der Waals surface area contributed by atoms with Crippen LogP contribution in [-0.2, 0) is 16.1 Å². The van der Waals surface area contributed by atoms with Gasteiger partial charge in [-0.05, 0) is 23.3 Å². The molecule has 158 valence electrons. The maximum absolute atomic E-state index is 11.8. The number of carbonyl (C=O) groups is 1. The minimum Gasteiger partial charge on any atom is -0.494 e. The maximum atomic E-state index is 11.8. The molecule has 0 radical (unpaired) electrons. The van der Waals surface area contributed by atoms with Gasteiger partial charge in [0.15, 0.2) is 0 Å². The highest BCUT2D eigenvalue weighted by molar-refractivity contribution is 5.88. The molecule has 0 aromatic heterocycles. The summed E-state index contributed by atoms with van der Waals surface area (Å²) in [7, 11) is 4.84. The number of nitrogens with one attached hydrogen (secondary N) is 1. The summed E-state index contributed by atoms with van der Waals surface area (Å²) >= 11 is 0. The highest BCUT2D eigenvalue weighted by Gasteiger charge is 2.30. The Morgan fingerprint density at radius 1 is 1.20 bits per heavy atom. The predicted octanol–water partition coefficient (Wildman–Crippen LogP) is 3.72. The first-order valence-electron chi connectivity index (χ1n) is 9.66. The number of carbonyl (C=O) groups excluding carboxylic acids is 1. The van der Waals surface area contributed by atoms with Gasteiger partial charge in [-0.25, -0.2) is 9.37 Å². The third kappa shape index (κ3) is 4.99. The molecule has 2 aromatic carbocycles. The van der Waals surface area contributed by atoms with E-state index in [1.807, 2.05) is 66.4 Å². The quantitative estimate of drug-likeness (QED) is 0.531. The summed E-state index contributed by atoms with van der Waals surface area (Å²) in [4.78, 5) is 13.9. The Kier molecular flexibility index (Phi) is 7.08. The molecule has 0 aliphatic carbocycles. The Hall–Kier alpha value is -3.32. The molecular weight excluding hydrogens is 382 g/mol. The lowest BCUT2D eigenvalue weighted by atomic mass is 9.94. The van der Waals surface area contributed by atoms with Gasteiger partial charge in [0.2, 0.25) is 6.67 Å². The molecule has 0 saturated carbocycles. The lowest BCUT2D eigenvalue weighted by molar-refractivity contribution is -0.511. The van der Waals surface area contributed by atoms with Crippen molar-refractivity contribution in [2.24, 2.45) is 0 Å². The van der Waals surface area contributed by atoms with Gasteiger partial charge in [-0.1, -0.05) is 36.4 Å². The topological polar surface area (TPSA) is 63.0 Å². The minimum atomic E-state index is -0.550. The van der Waals surface area contributed by atoms with Crippen molar-refractivity contribution in [3.63, 3.8) is 0 Å². The van der Waals surface area contributed by atoms with Crippen LogP contribution >= 0.6 is 0 Å². The molecule has 3 rings (SSSR count). The van der Waals surface area contributed by atoms with Crippen LogP contribution in [0.4, 0.5) is 10.5 Å². The van der Waals surface area contributed by atoms with E-state index in [0.717, 1.165) is 16.7 Å². The van der Waals surface area contributed by atoms with Crippen LogP contribution in [0.3, 0.4) is 0 Å². The minimum absolute atomic E-state index is 0.118. The highest BCUT2D eigenvalue weighted by Crippen LogP contribution is 2.41. The fourth-order valence-electron chi connectivity index (χ4n) is 3.50. The molecule has 1 aliphatic rings. The number of amides is 1. The van der Waals surface area contributed by atoms with E-state index in [-0.39, 0.29) is 6.04 Å². The van der Waals surface area contributed by atoms with Crippen molar-refractivity contribution in [1.29, 1.82) is 0 Å². The molecule has 1 amide bonds. The molecule has 0 fully saturated rings. The van der Waals surface area contributed by atoms with E-state index < -0.39 is 6.09 Å². The van der Waals surface area contributed by atoms with Crippen molar-refractivity contribution < 1.29 is 23.6 Å². The molecule has 1 N–H and O–H groups in total. The summed E-state index contributed by atoms with van der Waals surface area (Å²) in [6.07, 6.45) is 3.51. The van der Waals surface area contributed by atoms with Crippen LogP contribution in [0.5, 0.6) is 5.75 Å². The molecule has 7 nitrogen and oxygen atoms in total. The second-order valence-electron chi connectivity index (χ2n) is 7.11. The average Bonchev–Trinajstić information content (AvgIpc) is 2.75. The van der Waals surface area contributed by atoms with Gasteiger partial charge in [0, 0.05) is 11.8 Å². The summed E-state index contributed by atoms with van der Waals surface area (Å²) in [6, 6.07) is 13.7. The van der Waals surface area contributed by atoms with Crippen LogP contribution in [0.15, 0.2) is 48.7 Å². The maximum Gasteiger partial charge on any atom is 0.411 e. The second kappa shape index (κ2) is 9.93. The number of rotatable bonds is 8. The van der Waals surface area contributed by atoms with Gasteiger partial charge in [0.25, 0.3) is 0 Å². The zero-order valence-corrected chi connectivity index (χ0v) is 17.6. The third-order valence-corrected chi connectivity index (χ3v) is 4.83. The van der Waals surface area contributed by atoms with E-state index in [4.69, 9.17) is 14.2 Å². The number of ether oxygens (including phenoxy) is 3. The summed E-state index contributed by atoms with van der Waals surface area (Å²) in [5.41, 5.74) is 3.62. The number of hydrogen-bond acceptors (Lipinski definition) is 5. The van der Waals surface area contributed by atoms with Gasteiger partial charge in [-0.3, -0.25) is 5.32 Å². The normalized spacial score (nSPS) is 14.8. The van der Waals surface area contributed by atoms with Crippen LogP contribution in [-0.4, -0.2) is 56.8 Å². The van der Waals surface area contributed by atoms with Crippen molar-refractivity contribution in [2.75, 3.05) is 39.9 Å². The largest absolute Gasteiger partial charge is 0.494 e. The molecular formula is C23H28N3O4+. The van der Waals surface area contributed by atoms with Gasteiger partial charge in [0.05, 0.1) is 39.2 Å². The molecule has 1 aliphatic heterocycles. The zero-order chi connectivity index (χ0) is 21.5. The Labute approximate surface area is 177 Å². The van der Waals surface area contributed by atoms with E-state index in [1.54, 1.807) is 7.11 Å². The van der Waals surface area contributed by atoms with Crippen LogP contribution in [0, 0.1) is 0 Å². The Morgan fingerprint density at radius 2 is 1.97 bits per heavy atom. The number of benzene rings is 2. The summed E-state index contributed by atoms with van der Waals surface area (Å²) < 4.78 is 18.4. The number of anilines is 1. The first-order chi connectivity index (χ1) is 14.5. The monoisotopic (exact) mass is 410 g/mol. The summed E-state index contributed by atoms with van der Waals surface area (Å²) in [5.74, 6) is 0.590. The van der Waals surface area contributed by atoms with Crippen LogP contribution in [0.2, 0.25) is 0 Å². The van der Waals surface area contributed by atoms with E-state index >= 15 is 0 Å². The molecule has 1 heterocycles. The number of hydrogen-bond donors (Lipinski definition) is 1. The lowest BCUT2D eigenvalue weighted by Gasteiger charge is -2.34. The second-order valence-corrected chi connectivity index (χ2v) is 7.11. The molecule has 30 heavy (non-hydrogen) atoms. The van der Waals surface area contributed by atoms with Crippen molar-refractivity contribution in [1.82, 2.24) is 4.90 Å². The highest BCUT2D eigenvalue weighted by atomic mass is 16.5. The fourth-order valence-corrected chi connectivity index (χ4v) is 3.50.